The van der Waals surface area contributed by atoms with Crippen molar-refractivity contribution in [2.24, 2.45) is 0 Å². The number of carbonyl (C=O) groups is 1. The van der Waals surface area contributed by atoms with Crippen LogP contribution in [0.15, 0.2) is 0 Å². The van der Waals surface area contributed by atoms with Gasteiger partial charge in [0, 0.05) is 11.3 Å². The van der Waals surface area contributed by atoms with Crippen molar-refractivity contribution in [2.75, 3.05) is 0 Å². The number of aromatic nitrogens is 2. The van der Waals surface area contributed by atoms with Crippen molar-refractivity contribution in [1.82, 2.24) is 9.78 Å². The molecule has 4 heteroatoms. The molecule has 0 amide bonds. The normalized spacial score (nSPS) is 20.5. The van der Waals surface area contributed by atoms with E-state index in [1.54, 1.807) is 0 Å². The molecule has 1 saturated carbocycles. The first-order valence-electron chi connectivity index (χ1n) is 6.61. The molecule has 0 atom stereocenters. The van der Waals surface area contributed by atoms with E-state index < -0.39 is 5.97 Å². The molecule has 1 aromatic heterocycles. The van der Waals surface area contributed by atoms with E-state index in [0.717, 1.165) is 37.7 Å². The molecule has 1 N–H and O–H groups in total. The Morgan fingerprint density at radius 1 is 1.18 bits per heavy atom. The number of carboxylic acid groups (broad SMARTS) is 1. The Kier molecular flexibility index (Phi) is 2.65. The number of hydrogen-bond donors (Lipinski definition) is 1. The van der Waals surface area contributed by atoms with E-state index in [4.69, 9.17) is 0 Å². The first kappa shape index (κ1) is 10.8. The molecule has 0 bridgehead atoms. The number of rotatable bonds is 2. The van der Waals surface area contributed by atoms with Crippen molar-refractivity contribution < 1.29 is 9.90 Å². The molecule has 2 aliphatic carbocycles. The summed E-state index contributed by atoms with van der Waals surface area (Å²) in [5, 5.41) is 13.6. The second kappa shape index (κ2) is 4.17. The van der Waals surface area contributed by atoms with Gasteiger partial charge in [-0.2, -0.15) is 5.10 Å². The van der Waals surface area contributed by atoms with E-state index >= 15 is 0 Å². The molecular formula is C13H18N2O2. The third-order valence-corrected chi connectivity index (χ3v) is 4.08. The Bertz CT molecular complexity index is 445. The second-order valence-electron chi connectivity index (χ2n) is 5.17. The highest BCUT2D eigenvalue weighted by Crippen LogP contribution is 2.33. The minimum Gasteiger partial charge on any atom is -0.476 e. The van der Waals surface area contributed by atoms with Crippen LogP contribution < -0.4 is 0 Å². The first-order chi connectivity index (χ1) is 8.27. The van der Waals surface area contributed by atoms with Crippen molar-refractivity contribution in [3.8, 4) is 0 Å². The molecule has 0 radical (unpaired) electrons. The average Bonchev–Trinajstić information content (AvgIpc) is 2.90. The highest BCUT2D eigenvalue weighted by molar-refractivity contribution is 5.87. The Hall–Kier alpha value is -1.32. The van der Waals surface area contributed by atoms with E-state index in [0.29, 0.717) is 11.7 Å². The van der Waals surface area contributed by atoms with Crippen molar-refractivity contribution >= 4 is 5.97 Å². The van der Waals surface area contributed by atoms with Gasteiger partial charge in [-0.25, -0.2) is 4.79 Å². The fraction of sp³-hybridized carbons (Fsp3) is 0.692. The number of hydrogen-bond acceptors (Lipinski definition) is 2. The van der Waals surface area contributed by atoms with Crippen LogP contribution in [0.5, 0.6) is 0 Å². The zero-order chi connectivity index (χ0) is 11.8. The maximum Gasteiger partial charge on any atom is 0.356 e. The van der Waals surface area contributed by atoms with Crippen LogP contribution in [-0.4, -0.2) is 20.9 Å². The SMILES string of the molecule is O=C(O)c1nn(C2CCCCC2)c2c1CCC2. The molecule has 1 fully saturated rings. The van der Waals surface area contributed by atoms with Gasteiger partial charge in [0.1, 0.15) is 0 Å². The summed E-state index contributed by atoms with van der Waals surface area (Å²) in [7, 11) is 0. The number of carboxylic acids is 1. The van der Waals surface area contributed by atoms with E-state index in [9.17, 15) is 9.90 Å². The lowest BCUT2D eigenvalue weighted by molar-refractivity contribution is 0.0687. The minimum absolute atomic E-state index is 0.308. The van der Waals surface area contributed by atoms with Crippen LogP contribution in [0.4, 0.5) is 0 Å². The maximum absolute atomic E-state index is 11.2. The molecule has 0 spiro atoms. The van der Waals surface area contributed by atoms with Crippen molar-refractivity contribution in [2.45, 2.75) is 57.4 Å². The molecule has 0 saturated heterocycles. The predicted octanol–water partition coefficient (Wildman–Crippen LogP) is 2.58. The van der Waals surface area contributed by atoms with Gasteiger partial charge in [0.2, 0.25) is 0 Å². The zero-order valence-corrected chi connectivity index (χ0v) is 9.98. The summed E-state index contributed by atoms with van der Waals surface area (Å²) in [5.74, 6) is -0.863. The number of aromatic carboxylic acids is 1. The minimum atomic E-state index is -0.863. The lowest BCUT2D eigenvalue weighted by Crippen LogP contribution is -2.16. The van der Waals surface area contributed by atoms with E-state index in [1.807, 2.05) is 4.68 Å². The van der Waals surface area contributed by atoms with Gasteiger partial charge in [0.25, 0.3) is 0 Å². The monoisotopic (exact) mass is 234 g/mol. The maximum atomic E-state index is 11.2. The van der Waals surface area contributed by atoms with Crippen LogP contribution in [0.3, 0.4) is 0 Å². The first-order valence-corrected chi connectivity index (χ1v) is 6.61. The highest BCUT2D eigenvalue weighted by Gasteiger charge is 2.29. The Morgan fingerprint density at radius 3 is 2.65 bits per heavy atom. The molecule has 1 heterocycles. The molecule has 0 aliphatic heterocycles. The molecule has 4 nitrogen and oxygen atoms in total. The number of nitrogens with zero attached hydrogens (tertiary/aromatic N) is 2. The summed E-state index contributed by atoms with van der Waals surface area (Å²) in [6, 6.07) is 0.448. The third-order valence-electron chi connectivity index (χ3n) is 4.08. The topological polar surface area (TPSA) is 55.1 Å². The van der Waals surface area contributed by atoms with Crippen LogP contribution in [0.25, 0.3) is 0 Å². The van der Waals surface area contributed by atoms with Crippen molar-refractivity contribution in [1.29, 1.82) is 0 Å². The summed E-state index contributed by atoms with van der Waals surface area (Å²) in [6.45, 7) is 0. The summed E-state index contributed by atoms with van der Waals surface area (Å²) in [4.78, 5) is 11.2. The largest absolute Gasteiger partial charge is 0.476 e. The van der Waals surface area contributed by atoms with Crippen LogP contribution in [-0.2, 0) is 12.8 Å². The third kappa shape index (κ3) is 1.75. The lowest BCUT2D eigenvalue weighted by Gasteiger charge is -2.23. The number of fused-ring (bicyclic) bond motifs is 1. The molecule has 92 valence electrons. The van der Waals surface area contributed by atoms with Gasteiger partial charge in [-0.3, -0.25) is 4.68 Å². The van der Waals surface area contributed by atoms with Gasteiger partial charge in [-0.15, -0.1) is 0 Å². The molecule has 0 aromatic carbocycles. The Labute approximate surface area is 101 Å². The second-order valence-corrected chi connectivity index (χ2v) is 5.17. The molecule has 3 rings (SSSR count). The molecule has 0 unspecified atom stereocenters. The van der Waals surface area contributed by atoms with Gasteiger partial charge < -0.3 is 5.11 Å². The van der Waals surface area contributed by atoms with Gasteiger partial charge >= 0.3 is 5.97 Å². The van der Waals surface area contributed by atoms with Crippen LogP contribution in [0.2, 0.25) is 0 Å². The zero-order valence-electron chi connectivity index (χ0n) is 9.98. The summed E-state index contributed by atoms with van der Waals surface area (Å²) in [5.41, 5.74) is 2.51. The van der Waals surface area contributed by atoms with E-state index in [-0.39, 0.29) is 0 Å². The molecular weight excluding hydrogens is 216 g/mol. The van der Waals surface area contributed by atoms with Crippen molar-refractivity contribution in [3.63, 3.8) is 0 Å². The molecule has 17 heavy (non-hydrogen) atoms. The van der Waals surface area contributed by atoms with E-state index in [2.05, 4.69) is 5.10 Å². The Morgan fingerprint density at radius 2 is 1.94 bits per heavy atom. The van der Waals surface area contributed by atoms with Gasteiger partial charge in [-0.05, 0) is 32.1 Å². The van der Waals surface area contributed by atoms with E-state index in [1.165, 1.54) is 25.0 Å². The lowest BCUT2D eigenvalue weighted by atomic mass is 9.95. The van der Waals surface area contributed by atoms with Crippen LogP contribution in [0, 0.1) is 0 Å². The quantitative estimate of drug-likeness (QED) is 0.855. The van der Waals surface area contributed by atoms with Gasteiger partial charge in [0.15, 0.2) is 5.69 Å². The van der Waals surface area contributed by atoms with Crippen molar-refractivity contribution in [3.05, 3.63) is 17.0 Å². The summed E-state index contributed by atoms with van der Waals surface area (Å²) >= 11 is 0. The molecule has 2 aliphatic rings. The summed E-state index contributed by atoms with van der Waals surface area (Å²) in [6.07, 6.45) is 9.12. The van der Waals surface area contributed by atoms with Crippen LogP contribution >= 0.6 is 0 Å². The van der Waals surface area contributed by atoms with Gasteiger partial charge in [0.05, 0.1) is 6.04 Å². The fourth-order valence-electron chi connectivity index (χ4n) is 3.26. The predicted molar refractivity (Wildman–Crippen MR) is 63.3 cm³/mol. The Balaban J connectivity index is 1.99. The highest BCUT2D eigenvalue weighted by atomic mass is 16.4. The fourth-order valence-corrected chi connectivity index (χ4v) is 3.26. The smallest absolute Gasteiger partial charge is 0.356 e. The van der Waals surface area contributed by atoms with Gasteiger partial charge in [-0.1, -0.05) is 19.3 Å². The van der Waals surface area contributed by atoms with Crippen LogP contribution in [0.1, 0.15) is 66.3 Å². The molecule has 1 aromatic rings. The standard InChI is InChI=1S/C13H18N2O2/c16-13(17)12-10-7-4-8-11(10)15(14-12)9-5-2-1-3-6-9/h9H,1-8H2,(H,16,17). The average molecular weight is 234 g/mol. The summed E-state index contributed by atoms with van der Waals surface area (Å²) < 4.78 is 2.05.